The molecule has 0 spiro atoms. The Morgan fingerprint density at radius 2 is 2.47 bits per heavy atom. The van der Waals surface area contributed by atoms with E-state index in [-0.39, 0.29) is 12.1 Å². The Labute approximate surface area is 112 Å². The Balaban J connectivity index is 2.06. The summed E-state index contributed by atoms with van der Waals surface area (Å²) >= 11 is 0. The molecule has 1 fully saturated rings. The molecule has 19 heavy (non-hydrogen) atoms. The van der Waals surface area contributed by atoms with E-state index in [9.17, 15) is 4.79 Å². The first-order chi connectivity index (χ1) is 9.22. The van der Waals surface area contributed by atoms with E-state index in [1.165, 1.54) is 5.56 Å². The van der Waals surface area contributed by atoms with Crippen molar-refractivity contribution in [2.24, 2.45) is 0 Å². The van der Waals surface area contributed by atoms with Crippen LogP contribution in [0.2, 0.25) is 0 Å². The predicted molar refractivity (Wildman–Crippen MR) is 70.8 cm³/mol. The topological polar surface area (TPSA) is 48.4 Å². The van der Waals surface area contributed by atoms with Crippen LogP contribution in [0.5, 0.6) is 0 Å². The van der Waals surface area contributed by atoms with Gasteiger partial charge in [-0.05, 0) is 37.0 Å². The molecule has 1 aromatic heterocycles. The summed E-state index contributed by atoms with van der Waals surface area (Å²) in [7, 11) is 0. The maximum absolute atomic E-state index is 11.8. The Hall–Kier alpha value is -1.68. The average molecular weight is 259 g/mol. The van der Waals surface area contributed by atoms with Gasteiger partial charge < -0.3 is 9.47 Å². The van der Waals surface area contributed by atoms with Gasteiger partial charge in [0, 0.05) is 6.42 Å². The van der Waals surface area contributed by atoms with Crippen LogP contribution in [0.25, 0.3) is 6.08 Å². The van der Waals surface area contributed by atoms with Crippen molar-refractivity contribution in [2.45, 2.75) is 38.4 Å². The summed E-state index contributed by atoms with van der Waals surface area (Å²) in [5.41, 5.74) is 3.41. The van der Waals surface area contributed by atoms with Crippen molar-refractivity contribution in [3.05, 3.63) is 35.2 Å². The van der Waals surface area contributed by atoms with Crippen molar-refractivity contribution < 1.29 is 14.3 Å². The van der Waals surface area contributed by atoms with Crippen molar-refractivity contribution >= 4 is 12.0 Å². The maximum atomic E-state index is 11.8. The van der Waals surface area contributed by atoms with E-state index >= 15 is 0 Å². The van der Waals surface area contributed by atoms with Gasteiger partial charge in [0.15, 0.2) is 0 Å². The Bertz CT molecular complexity index is 538. The molecule has 0 amide bonds. The molecule has 3 rings (SSSR count). The molecule has 0 radical (unpaired) electrons. The lowest BCUT2D eigenvalue weighted by molar-refractivity contribution is 0.0288. The molecule has 2 unspecified atom stereocenters. The molecular formula is C15H17NO3. The number of hydrogen-bond acceptors (Lipinski definition) is 4. The second kappa shape index (κ2) is 4.78. The molecule has 2 aliphatic heterocycles. The first kappa shape index (κ1) is 12.4. The highest BCUT2D eigenvalue weighted by molar-refractivity contribution is 5.88. The quantitative estimate of drug-likeness (QED) is 0.783. The third-order valence-electron chi connectivity index (χ3n) is 3.74. The predicted octanol–water partition coefficient (Wildman–Crippen LogP) is 2.68. The van der Waals surface area contributed by atoms with Crippen LogP contribution >= 0.6 is 0 Å². The lowest BCUT2D eigenvalue weighted by atomic mass is 9.97. The van der Waals surface area contributed by atoms with Gasteiger partial charge in [0.2, 0.25) is 0 Å². The Morgan fingerprint density at radius 1 is 1.63 bits per heavy atom. The van der Waals surface area contributed by atoms with Crippen molar-refractivity contribution in [3.8, 4) is 0 Å². The first-order valence-electron chi connectivity index (χ1n) is 6.71. The van der Waals surface area contributed by atoms with E-state index in [2.05, 4.69) is 11.6 Å². The number of esters is 1. The van der Waals surface area contributed by atoms with Crippen molar-refractivity contribution in [3.63, 3.8) is 0 Å². The summed E-state index contributed by atoms with van der Waals surface area (Å²) in [4.78, 5) is 16.3. The summed E-state index contributed by atoms with van der Waals surface area (Å²) in [5.74, 6) is -0.381. The molecule has 2 bridgehead atoms. The van der Waals surface area contributed by atoms with Gasteiger partial charge in [-0.15, -0.1) is 0 Å². The van der Waals surface area contributed by atoms with Gasteiger partial charge in [0.1, 0.15) is 11.8 Å². The van der Waals surface area contributed by atoms with Crippen molar-refractivity contribution in [1.29, 1.82) is 0 Å². The normalized spacial score (nSPS) is 23.8. The number of aromatic nitrogens is 1. The van der Waals surface area contributed by atoms with Crippen molar-refractivity contribution in [2.75, 3.05) is 6.61 Å². The fraction of sp³-hybridized carbons (Fsp3) is 0.467. The highest BCUT2D eigenvalue weighted by Crippen LogP contribution is 2.41. The minimum absolute atomic E-state index is 0.0295. The molecule has 4 heteroatoms. The van der Waals surface area contributed by atoms with E-state index < -0.39 is 0 Å². The molecule has 2 atom stereocenters. The molecular weight excluding hydrogens is 242 g/mol. The fourth-order valence-electron chi connectivity index (χ4n) is 2.88. The zero-order chi connectivity index (χ0) is 13.4. The highest BCUT2D eigenvalue weighted by atomic mass is 16.5. The number of fused-ring (bicyclic) bond motifs is 4. The lowest BCUT2D eigenvalue weighted by Crippen LogP contribution is -2.22. The average Bonchev–Trinajstić information content (AvgIpc) is 2.81. The number of rotatable bonds is 3. The molecule has 1 aromatic rings. The van der Waals surface area contributed by atoms with E-state index in [0.29, 0.717) is 18.4 Å². The van der Waals surface area contributed by atoms with Crippen molar-refractivity contribution in [1.82, 2.24) is 4.98 Å². The van der Waals surface area contributed by atoms with E-state index in [4.69, 9.17) is 9.47 Å². The summed E-state index contributed by atoms with van der Waals surface area (Å²) < 4.78 is 10.9. The van der Waals surface area contributed by atoms with Gasteiger partial charge in [0.05, 0.1) is 18.4 Å². The highest BCUT2D eigenvalue weighted by Gasteiger charge is 2.36. The molecule has 0 aliphatic carbocycles. The molecule has 0 aromatic carbocycles. The van der Waals surface area contributed by atoms with Crippen LogP contribution in [0.1, 0.15) is 53.2 Å². The Morgan fingerprint density at radius 3 is 3.21 bits per heavy atom. The van der Waals surface area contributed by atoms with Gasteiger partial charge in [-0.2, -0.15) is 0 Å². The standard InChI is InChI=1S/C15H17NO3/c1-3-9-7-12(15(17)18-4-2)16-14-11(9)8-10-5-6-13(14)19-10/h3,7,10,13H,1,4-6,8H2,2H3. The number of hydrogen-bond donors (Lipinski definition) is 0. The third-order valence-corrected chi connectivity index (χ3v) is 3.74. The molecule has 0 N–H and O–H groups in total. The van der Waals surface area contributed by atoms with Crippen LogP contribution in [0, 0.1) is 0 Å². The van der Waals surface area contributed by atoms with E-state index in [0.717, 1.165) is 30.5 Å². The monoisotopic (exact) mass is 259 g/mol. The smallest absolute Gasteiger partial charge is 0.356 e. The molecule has 100 valence electrons. The molecule has 0 saturated carbocycles. The van der Waals surface area contributed by atoms with Crippen LogP contribution in [-0.2, 0) is 15.9 Å². The number of nitrogens with zero attached hydrogens (tertiary/aromatic N) is 1. The lowest BCUT2D eigenvalue weighted by Gasteiger charge is -2.25. The maximum Gasteiger partial charge on any atom is 0.356 e. The molecule has 2 aliphatic rings. The minimum Gasteiger partial charge on any atom is -0.461 e. The second-order valence-electron chi connectivity index (χ2n) is 4.91. The largest absolute Gasteiger partial charge is 0.461 e. The van der Waals surface area contributed by atoms with Gasteiger partial charge in [-0.1, -0.05) is 12.7 Å². The molecule has 4 nitrogen and oxygen atoms in total. The van der Waals surface area contributed by atoms with Crippen LogP contribution in [0.15, 0.2) is 12.6 Å². The van der Waals surface area contributed by atoms with Crippen LogP contribution in [0.3, 0.4) is 0 Å². The molecule has 3 heterocycles. The van der Waals surface area contributed by atoms with Crippen LogP contribution in [-0.4, -0.2) is 23.7 Å². The van der Waals surface area contributed by atoms with Gasteiger partial charge >= 0.3 is 5.97 Å². The minimum atomic E-state index is -0.381. The number of ether oxygens (including phenoxy) is 2. The van der Waals surface area contributed by atoms with Gasteiger partial charge in [-0.25, -0.2) is 9.78 Å². The number of carbonyl (C=O) groups excluding carboxylic acids is 1. The summed E-state index contributed by atoms with van der Waals surface area (Å²) in [6.07, 6.45) is 5.02. The zero-order valence-electron chi connectivity index (χ0n) is 11.0. The Kier molecular flexibility index (Phi) is 3.11. The summed E-state index contributed by atoms with van der Waals surface area (Å²) in [6, 6.07) is 1.77. The van der Waals surface area contributed by atoms with E-state index in [1.807, 2.05) is 0 Å². The first-order valence-corrected chi connectivity index (χ1v) is 6.71. The summed E-state index contributed by atoms with van der Waals surface area (Å²) in [6.45, 7) is 5.97. The summed E-state index contributed by atoms with van der Waals surface area (Å²) in [5, 5.41) is 0. The number of pyridine rings is 1. The van der Waals surface area contributed by atoms with Crippen LogP contribution < -0.4 is 0 Å². The second-order valence-corrected chi connectivity index (χ2v) is 4.91. The number of carbonyl (C=O) groups is 1. The van der Waals surface area contributed by atoms with Crippen LogP contribution in [0.4, 0.5) is 0 Å². The van der Waals surface area contributed by atoms with E-state index in [1.54, 1.807) is 19.1 Å². The fourth-order valence-corrected chi connectivity index (χ4v) is 2.88. The SMILES string of the molecule is C=Cc1cc(C(=O)OCC)nc2c1CC1CCC2O1. The third kappa shape index (κ3) is 2.06. The zero-order valence-corrected chi connectivity index (χ0v) is 11.0. The van der Waals surface area contributed by atoms with Gasteiger partial charge in [0.25, 0.3) is 0 Å². The van der Waals surface area contributed by atoms with Gasteiger partial charge in [-0.3, -0.25) is 0 Å². The molecule has 1 saturated heterocycles.